The van der Waals surface area contributed by atoms with Crippen molar-refractivity contribution in [1.29, 1.82) is 0 Å². The SMILES string of the molecule is CC(=O)O[C@H]1[C@H](O[C@@H]2[C@@H](OCc3ccccc3)[C@@H](O)OC[C@@H]2OC(C)=O)OC[C@H](OCc2ccccc2)[C@@H]1OCc1ccccc1. The van der Waals surface area contributed by atoms with E-state index in [2.05, 4.69) is 0 Å². The van der Waals surface area contributed by atoms with Crippen LogP contribution in [0.25, 0.3) is 0 Å². The van der Waals surface area contributed by atoms with Gasteiger partial charge in [0, 0.05) is 13.8 Å². The van der Waals surface area contributed by atoms with E-state index < -0.39 is 61.1 Å². The van der Waals surface area contributed by atoms with Gasteiger partial charge in [-0.1, -0.05) is 91.0 Å². The standard InChI is InChI=1S/C35H40O11/c1-23(36)44-29-22-42-34(38)32(41-20-27-16-10-5-11-17-27)31(29)46-35-33(45-24(2)37)30(40-19-26-14-8-4-9-15-26)28(21-43-35)39-18-25-12-6-3-7-13-25/h3-17,28-35,38H,18-22H2,1-2H3/t28-,29-,30-,31-,32+,33+,34-,35-/m0/s1. The van der Waals surface area contributed by atoms with Gasteiger partial charge in [0.1, 0.15) is 24.4 Å². The number of carbonyl (C=O) groups excluding carboxylic acids is 2. The molecule has 1 N–H and O–H groups in total. The number of hydrogen-bond acceptors (Lipinski definition) is 11. The molecule has 5 rings (SSSR count). The molecule has 2 aliphatic heterocycles. The van der Waals surface area contributed by atoms with Crippen LogP contribution in [0.3, 0.4) is 0 Å². The predicted molar refractivity (Wildman–Crippen MR) is 163 cm³/mol. The number of ether oxygens (including phenoxy) is 8. The Bertz CT molecular complexity index is 1360. The zero-order valence-corrected chi connectivity index (χ0v) is 25.8. The molecule has 8 atom stereocenters. The molecule has 0 aromatic heterocycles. The molecule has 3 aromatic carbocycles. The molecule has 0 amide bonds. The Morgan fingerprint density at radius 1 is 0.609 bits per heavy atom. The number of aliphatic hydroxyl groups is 1. The monoisotopic (exact) mass is 636 g/mol. The van der Waals surface area contributed by atoms with Gasteiger partial charge in [0.15, 0.2) is 24.8 Å². The number of aliphatic hydroxyl groups excluding tert-OH is 1. The molecule has 3 aromatic rings. The summed E-state index contributed by atoms with van der Waals surface area (Å²) in [4.78, 5) is 24.5. The first-order chi connectivity index (χ1) is 22.4. The third kappa shape index (κ3) is 9.43. The van der Waals surface area contributed by atoms with Crippen molar-refractivity contribution >= 4 is 11.9 Å². The lowest BCUT2D eigenvalue weighted by Crippen LogP contribution is -2.62. The van der Waals surface area contributed by atoms with Crippen LogP contribution in [-0.4, -0.2) is 79.5 Å². The van der Waals surface area contributed by atoms with E-state index in [0.29, 0.717) is 0 Å². The minimum atomic E-state index is -1.40. The fourth-order valence-electron chi connectivity index (χ4n) is 5.40. The van der Waals surface area contributed by atoms with E-state index in [-0.39, 0.29) is 33.0 Å². The van der Waals surface area contributed by atoms with Crippen LogP contribution in [0.15, 0.2) is 91.0 Å². The van der Waals surface area contributed by atoms with Crippen molar-refractivity contribution in [1.82, 2.24) is 0 Å². The summed E-state index contributed by atoms with van der Waals surface area (Å²) in [7, 11) is 0. The highest BCUT2D eigenvalue weighted by Gasteiger charge is 2.50. The van der Waals surface area contributed by atoms with Gasteiger partial charge in [-0.2, -0.15) is 0 Å². The van der Waals surface area contributed by atoms with E-state index in [1.807, 2.05) is 91.0 Å². The molecule has 46 heavy (non-hydrogen) atoms. The van der Waals surface area contributed by atoms with E-state index >= 15 is 0 Å². The fourth-order valence-corrected chi connectivity index (χ4v) is 5.40. The van der Waals surface area contributed by atoms with Crippen molar-refractivity contribution in [2.45, 2.75) is 82.9 Å². The largest absolute Gasteiger partial charge is 0.457 e. The Balaban J connectivity index is 1.40. The Morgan fingerprint density at radius 3 is 1.61 bits per heavy atom. The highest BCUT2D eigenvalue weighted by atomic mass is 16.7. The van der Waals surface area contributed by atoms with Crippen LogP contribution in [0.4, 0.5) is 0 Å². The number of carbonyl (C=O) groups is 2. The second kappa shape index (κ2) is 16.8. The molecule has 0 bridgehead atoms. The lowest BCUT2D eigenvalue weighted by Gasteiger charge is -2.45. The maximum absolute atomic E-state index is 12.5. The predicted octanol–water partition coefficient (Wildman–Crippen LogP) is 3.70. The molecule has 2 aliphatic rings. The number of esters is 2. The zero-order chi connectivity index (χ0) is 32.3. The third-order valence-electron chi connectivity index (χ3n) is 7.57. The summed E-state index contributed by atoms with van der Waals surface area (Å²) in [6.07, 6.45) is -8.25. The number of benzene rings is 3. The van der Waals surface area contributed by atoms with Gasteiger partial charge in [0.2, 0.25) is 0 Å². The Labute approximate surface area is 268 Å². The lowest BCUT2D eigenvalue weighted by molar-refractivity contribution is -0.342. The summed E-state index contributed by atoms with van der Waals surface area (Å²) < 4.78 is 48.2. The topological polar surface area (TPSA) is 128 Å². The van der Waals surface area contributed by atoms with Gasteiger partial charge in [0.25, 0.3) is 0 Å². The maximum Gasteiger partial charge on any atom is 0.303 e. The highest BCUT2D eigenvalue weighted by Crippen LogP contribution is 2.31. The van der Waals surface area contributed by atoms with Crippen LogP contribution in [0.5, 0.6) is 0 Å². The van der Waals surface area contributed by atoms with Crippen molar-refractivity contribution in [2.75, 3.05) is 13.2 Å². The van der Waals surface area contributed by atoms with Crippen LogP contribution in [0, 0.1) is 0 Å². The van der Waals surface area contributed by atoms with Crippen molar-refractivity contribution < 1.29 is 52.6 Å². The first-order valence-corrected chi connectivity index (χ1v) is 15.2. The molecule has 0 aliphatic carbocycles. The number of rotatable bonds is 13. The summed E-state index contributed by atoms with van der Waals surface area (Å²) in [5, 5.41) is 10.9. The van der Waals surface area contributed by atoms with Crippen molar-refractivity contribution in [3.05, 3.63) is 108 Å². The molecule has 0 unspecified atom stereocenters. The Hall–Kier alpha value is -3.68. The van der Waals surface area contributed by atoms with E-state index in [0.717, 1.165) is 16.7 Å². The second-order valence-corrected chi connectivity index (χ2v) is 11.1. The van der Waals surface area contributed by atoms with E-state index in [4.69, 9.17) is 37.9 Å². The summed E-state index contributed by atoms with van der Waals surface area (Å²) >= 11 is 0. The Morgan fingerprint density at radius 2 is 1.09 bits per heavy atom. The average molecular weight is 637 g/mol. The molecule has 246 valence electrons. The molecule has 2 heterocycles. The second-order valence-electron chi connectivity index (χ2n) is 11.1. The van der Waals surface area contributed by atoms with Crippen LogP contribution in [0.2, 0.25) is 0 Å². The van der Waals surface area contributed by atoms with Crippen LogP contribution in [0.1, 0.15) is 30.5 Å². The van der Waals surface area contributed by atoms with Crippen LogP contribution >= 0.6 is 0 Å². The quantitative estimate of drug-likeness (QED) is 0.276. The van der Waals surface area contributed by atoms with Crippen LogP contribution in [-0.2, 0) is 67.3 Å². The summed E-state index contributed by atoms with van der Waals surface area (Å²) in [5.74, 6) is -1.15. The average Bonchev–Trinajstić information content (AvgIpc) is 3.06. The lowest BCUT2D eigenvalue weighted by atomic mass is 10.0. The molecule has 0 radical (unpaired) electrons. The van der Waals surface area contributed by atoms with Crippen LogP contribution < -0.4 is 0 Å². The van der Waals surface area contributed by atoms with Crippen molar-refractivity contribution in [3.8, 4) is 0 Å². The maximum atomic E-state index is 12.5. The van der Waals surface area contributed by atoms with Gasteiger partial charge in [-0.15, -0.1) is 0 Å². The smallest absolute Gasteiger partial charge is 0.303 e. The summed E-state index contributed by atoms with van der Waals surface area (Å²) in [6.45, 7) is 3.03. The molecule has 0 saturated carbocycles. The number of hydrogen-bond donors (Lipinski definition) is 1. The minimum absolute atomic E-state index is 0.0360. The summed E-state index contributed by atoms with van der Waals surface area (Å²) in [5.41, 5.74) is 2.71. The van der Waals surface area contributed by atoms with Gasteiger partial charge in [0.05, 0.1) is 33.0 Å². The minimum Gasteiger partial charge on any atom is -0.457 e. The first kappa shape index (κ1) is 33.7. The molecular weight excluding hydrogens is 596 g/mol. The van der Waals surface area contributed by atoms with E-state index in [9.17, 15) is 14.7 Å². The third-order valence-corrected chi connectivity index (χ3v) is 7.57. The zero-order valence-electron chi connectivity index (χ0n) is 25.8. The molecule has 0 spiro atoms. The molecule has 11 nitrogen and oxygen atoms in total. The van der Waals surface area contributed by atoms with E-state index in [1.165, 1.54) is 13.8 Å². The molecular formula is C35H40O11. The van der Waals surface area contributed by atoms with Gasteiger partial charge in [-0.05, 0) is 16.7 Å². The van der Waals surface area contributed by atoms with E-state index in [1.54, 1.807) is 0 Å². The summed E-state index contributed by atoms with van der Waals surface area (Å²) in [6, 6.07) is 28.6. The Kier molecular flexibility index (Phi) is 12.3. The molecule has 2 fully saturated rings. The fraction of sp³-hybridized carbons (Fsp3) is 0.429. The van der Waals surface area contributed by atoms with Gasteiger partial charge < -0.3 is 43.0 Å². The van der Waals surface area contributed by atoms with Gasteiger partial charge in [-0.3, -0.25) is 9.59 Å². The molecule has 2 saturated heterocycles. The molecule has 11 heteroatoms. The first-order valence-electron chi connectivity index (χ1n) is 15.2. The van der Waals surface area contributed by atoms with Crippen molar-refractivity contribution in [3.63, 3.8) is 0 Å². The highest BCUT2D eigenvalue weighted by molar-refractivity contribution is 5.66. The van der Waals surface area contributed by atoms with Gasteiger partial charge >= 0.3 is 11.9 Å². The van der Waals surface area contributed by atoms with Gasteiger partial charge in [-0.25, -0.2) is 0 Å². The van der Waals surface area contributed by atoms with Crippen molar-refractivity contribution in [2.24, 2.45) is 0 Å². The normalized spacial score (nSPS) is 27.9.